The summed E-state index contributed by atoms with van der Waals surface area (Å²) in [7, 11) is 0. The van der Waals surface area contributed by atoms with Gasteiger partial charge in [0, 0.05) is 15.4 Å². The van der Waals surface area contributed by atoms with Crippen LogP contribution in [0.5, 0.6) is 0 Å². The van der Waals surface area contributed by atoms with Crippen molar-refractivity contribution in [1.82, 2.24) is 19.9 Å². The first-order valence-corrected chi connectivity index (χ1v) is 11.3. The fraction of sp³-hybridized carbons (Fsp3) is 0.0500. The number of furan rings is 1. The summed E-state index contributed by atoms with van der Waals surface area (Å²) in [5.74, 6) is 1.79. The first kappa shape index (κ1) is 18.4. The molecule has 5 rings (SSSR count). The van der Waals surface area contributed by atoms with Crippen molar-refractivity contribution in [3.63, 3.8) is 0 Å². The standard InChI is InChI=1S/C20H13BrN4O2S2/c21-12-5-3-11(4-6-12)14-8-22-20(23-14)29-10-16-24-18(26)17-13(9-28-19(17)25-16)15-2-1-7-27-15/h1-9H,10H2,(H,22,23)(H,24,25,26). The molecule has 0 bridgehead atoms. The van der Waals surface area contributed by atoms with Crippen molar-refractivity contribution >= 4 is 49.2 Å². The van der Waals surface area contributed by atoms with E-state index in [9.17, 15) is 4.79 Å². The molecule has 5 aromatic rings. The zero-order chi connectivity index (χ0) is 19.8. The summed E-state index contributed by atoms with van der Waals surface area (Å²) in [6, 6.07) is 11.7. The Morgan fingerprint density at radius 2 is 2.03 bits per heavy atom. The molecule has 29 heavy (non-hydrogen) atoms. The van der Waals surface area contributed by atoms with Crippen LogP contribution in [0.3, 0.4) is 0 Å². The molecule has 9 heteroatoms. The second-order valence-corrected chi connectivity index (χ2v) is 8.95. The van der Waals surface area contributed by atoms with E-state index in [-0.39, 0.29) is 5.56 Å². The highest BCUT2D eigenvalue weighted by Gasteiger charge is 2.15. The van der Waals surface area contributed by atoms with Crippen LogP contribution in [0, 0.1) is 0 Å². The molecule has 0 aliphatic carbocycles. The van der Waals surface area contributed by atoms with Gasteiger partial charge in [-0.15, -0.1) is 11.3 Å². The number of hydrogen-bond donors (Lipinski definition) is 2. The zero-order valence-corrected chi connectivity index (χ0v) is 18.0. The molecule has 0 amide bonds. The number of H-pyrrole nitrogens is 2. The first-order valence-electron chi connectivity index (χ1n) is 8.65. The number of fused-ring (bicyclic) bond motifs is 1. The number of aromatic nitrogens is 4. The Hall–Kier alpha value is -2.62. The van der Waals surface area contributed by atoms with E-state index in [4.69, 9.17) is 4.42 Å². The minimum Gasteiger partial charge on any atom is -0.464 e. The Morgan fingerprint density at radius 3 is 2.83 bits per heavy atom. The van der Waals surface area contributed by atoms with Crippen molar-refractivity contribution in [2.45, 2.75) is 10.9 Å². The fourth-order valence-electron chi connectivity index (χ4n) is 2.96. The molecule has 0 saturated heterocycles. The van der Waals surface area contributed by atoms with Gasteiger partial charge < -0.3 is 14.4 Å². The van der Waals surface area contributed by atoms with Crippen molar-refractivity contribution < 1.29 is 4.42 Å². The minimum atomic E-state index is -0.159. The molecule has 0 atom stereocenters. The molecule has 0 spiro atoms. The van der Waals surface area contributed by atoms with Gasteiger partial charge >= 0.3 is 0 Å². The molecule has 0 fully saturated rings. The third-order valence-electron chi connectivity index (χ3n) is 4.33. The summed E-state index contributed by atoms with van der Waals surface area (Å²) in [6.45, 7) is 0. The average molecular weight is 485 g/mol. The van der Waals surface area contributed by atoms with E-state index in [2.05, 4.69) is 35.9 Å². The number of halogens is 1. The number of thiophene rings is 1. The van der Waals surface area contributed by atoms with Gasteiger partial charge in [-0.25, -0.2) is 9.97 Å². The Labute approximate surface area is 181 Å². The lowest BCUT2D eigenvalue weighted by Gasteiger charge is -2.01. The summed E-state index contributed by atoms with van der Waals surface area (Å²) < 4.78 is 6.46. The van der Waals surface area contributed by atoms with E-state index in [0.29, 0.717) is 27.6 Å². The summed E-state index contributed by atoms with van der Waals surface area (Å²) in [5.41, 5.74) is 2.61. The van der Waals surface area contributed by atoms with Gasteiger partial charge in [0.2, 0.25) is 0 Å². The molecule has 0 unspecified atom stereocenters. The molecule has 0 saturated carbocycles. The van der Waals surface area contributed by atoms with Crippen LogP contribution < -0.4 is 5.56 Å². The van der Waals surface area contributed by atoms with E-state index in [1.807, 2.05) is 35.7 Å². The predicted octanol–water partition coefficient (Wildman–Crippen LogP) is 5.69. The van der Waals surface area contributed by atoms with Crippen molar-refractivity contribution in [2.24, 2.45) is 0 Å². The Balaban J connectivity index is 1.36. The Kier molecular flexibility index (Phi) is 4.86. The summed E-state index contributed by atoms with van der Waals surface area (Å²) in [4.78, 5) is 28.6. The van der Waals surface area contributed by atoms with Crippen LogP contribution in [0.1, 0.15) is 5.82 Å². The number of aromatic amines is 2. The van der Waals surface area contributed by atoms with Crippen molar-refractivity contribution in [2.75, 3.05) is 0 Å². The Bertz CT molecular complexity index is 1340. The summed E-state index contributed by atoms with van der Waals surface area (Å²) in [6.07, 6.45) is 3.40. The van der Waals surface area contributed by atoms with Gasteiger partial charge in [0.05, 0.1) is 29.3 Å². The topological polar surface area (TPSA) is 87.6 Å². The SMILES string of the molecule is O=c1[nH]c(CSc2ncc(-c3ccc(Br)cc3)[nH]2)nc2scc(-c3ccco3)c12. The van der Waals surface area contributed by atoms with Gasteiger partial charge in [0.15, 0.2) is 5.16 Å². The highest BCUT2D eigenvalue weighted by molar-refractivity contribution is 9.10. The molecule has 0 aliphatic rings. The highest BCUT2D eigenvalue weighted by atomic mass is 79.9. The summed E-state index contributed by atoms with van der Waals surface area (Å²) in [5, 5.41) is 3.24. The number of hydrogen-bond acceptors (Lipinski definition) is 6. The molecule has 144 valence electrons. The minimum absolute atomic E-state index is 0.159. The lowest BCUT2D eigenvalue weighted by atomic mass is 10.2. The molecular weight excluding hydrogens is 472 g/mol. The molecule has 4 heterocycles. The van der Waals surface area contributed by atoms with E-state index in [1.165, 1.54) is 23.1 Å². The second kappa shape index (κ2) is 7.66. The second-order valence-electron chi connectivity index (χ2n) is 6.22. The fourth-order valence-corrected chi connectivity index (χ4v) is 4.89. The van der Waals surface area contributed by atoms with E-state index in [1.54, 1.807) is 18.5 Å². The normalized spacial score (nSPS) is 11.3. The van der Waals surface area contributed by atoms with Gasteiger partial charge in [-0.3, -0.25) is 4.79 Å². The van der Waals surface area contributed by atoms with Crippen LogP contribution in [0.2, 0.25) is 0 Å². The van der Waals surface area contributed by atoms with Crippen LogP contribution in [0.4, 0.5) is 0 Å². The number of thioether (sulfide) groups is 1. The largest absolute Gasteiger partial charge is 0.464 e. The molecule has 0 aliphatic heterocycles. The smallest absolute Gasteiger partial charge is 0.260 e. The maximum Gasteiger partial charge on any atom is 0.260 e. The van der Waals surface area contributed by atoms with Crippen molar-refractivity contribution in [1.29, 1.82) is 0 Å². The van der Waals surface area contributed by atoms with Crippen LogP contribution >= 0.6 is 39.0 Å². The Morgan fingerprint density at radius 1 is 1.17 bits per heavy atom. The first-order chi connectivity index (χ1) is 14.2. The van der Waals surface area contributed by atoms with Crippen LogP contribution in [-0.2, 0) is 5.75 Å². The number of benzene rings is 1. The highest BCUT2D eigenvalue weighted by Crippen LogP contribution is 2.31. The van der Waals surface area contributed by atoms with Gasteiger partial charge in [0.1, 0.15) is 16.4 Å². The lowest BCUT2D eigenvalue weighted by molar-refractivity contribution is 0.583. The van der Waals surface area contributed by atoms with Gasteiger partial charge in [-0.05, 0) is 29.8 Å². The van der Waals surface area contributed by atoms with E-state index < -0.39 is 0 Å². The maximum absolute atomic E-state index is 12.6. The zero-order valence-electron chi connectivity index (χ0n) is 14.8. The monoisotopic (exact) mass is 484 g/mol. The van der Waals surface area contributed by atoms with Crippen LogP contribution in [-0.4, -0.2) is 19.9 Å². The third kappa shape index (κ3) is 3.68. The number of imidazole rings is 1. The lowest BCUT2D eigenvalue weighted by Crippen LogP contribution is -2.10. The maximum atomic E-state index is 12.6. The van der Waals surface area contributed by atoms with E-state index >= 15 is 0 Å². The average Bonchev–Trinajstić information content (AvgIpc) is 3.47. The van der Waals surface area contributed by atoms with Gasteiger partial charge in [-0.1, -0.05) is 39.8 Å². The third-order valence-corrected chi connectivity index (χ3v) is 6.63. The number of rotatable bonds is 5. The van der Waals surface area contributed by atoms with Gasteiger partial charge in [-0.2, -0.15) is 0 Å². The quantitative estimate of drug-likeness (QED) is 0.313. The molecule has 4 aromatic heterocycles. The molecule has 1 aromatic carbocycles. The van der Waals surface area contributed by atoms with Crippen molar-refractivity contribution in [3.8, 4) is 22.6 Å². The predicted molar refractivity (Wildman–Crippen MR) is 119 cm³/mol. The molecule has 2 N–H and O–H groups in total. The van der Waals surface area contributed by atoms with Crippen LogP contribution in [0.25, 0.3) is 32.8 Å². The van der Waals surface area contributed by atoms with Crippen molar-refractivity contribution in [3.05, 3.63) is 74.9 Å². The van der Waals surface area contributed by atoms with Crippen LogP contribution in [0.15, 0.2) is 73.1 Å². The number of nitrogens with one attached hydrogen (secondary N) is 2. The summed E-state index contributed by atoms with van der Waals surface area (Å²) >= 11 is 6.37. The molecular formula is C20H13BrN4O2S2. The van der Waals surface area contributed by atoms with Gasteiger partial charge in [0.25, 0.3) is 5.56 Å². The molecule has 0 radical (unpaired) electrons. The number of nitrogens with zero attached hydrogens (tertiary/aromatic N) is 2. The molecule has 6 nitrogen and oxygen atoms in total. The van der Waals surface area contributed by atoms with E-state index in [0.717, 1.165) is 26.4 Å².